The number of fused-ring (bicyclic) bond motifs is 4. The Kier molecular flexibility index (Phi) is 4.39. The van der Waals surface area contributed by atoms with E-state index in [9.17, 15) is 0 Å². The van der Waals surface area contributed by atoms with Crippen LogP contribution in [0.25, 0.3) is 44.3 Å². The number of benzene rings is 3. The minimum atomic E-state index is 0.114. The van der Waals surface area contributed by atoms with Crippen LogP contribution in [0.2, 0.25) is 0 Å². The molecule has 1 aliphatic carbocycles. The summed E-state index contributed by atoms with van der Waals surface area (Å²) in [6, 6.07) is 24.2. The van der Waals surface area contributed by atoms with Gasteiger partial charge in [0, 0.05) is 28.5 Å². The first-order valence-corrected chi connectivity index (χ1v) is 12.2. The molecule has 0 unspecified atom stereocenters. The van der Waals surface area contributed by atoms with Crippen LogP contribution in [0.3, 0.4) is 0 Å². The van der Waals surface area contributed by atoms with Crippen LogP contribution in [0.5, 0.6) is 0 Å². The zero-order valence-corrected chi connectivity index (χ0v) is 21.0. The Bertz CT molecular complexity index is 1600. The van der Waals surface area contributed by atoms with Gasteiger partial charge in [0.25, 0.3) is 0 Å². The Hall–Kier alpha value is -3.39. The summed E-state index contributed by atoms with van der Waals surface area (Å²) in [6.45, 7) is 11.7. The van der Waals surface area contributed by atoms with Crippen molar-refractivity contribution < 1.29 is 8.98 Å². The molecule has 0 saturated carbocycles. The Labute approximate surface area is 201 Å². The van der Waals surface area contributed by atoms with Crippen molar-refractivity contribution in [3.63, 3.8) is 0 Å². The molecule has 2 nitrogen and oxygen atoms in total. The zero-order chi connectivity index (χ0) is 23.8. The molecular weight excluding hydrogens is 414 g/mol. The van der Waals surface area contributed by atoms with Crippen LogP contribution in [0.4, 0.5) is 0 Å². The highest BCUT2D eigenvalue weighted by atomic mass is 16.3. The van der Waals surface area contributed by atoms with Crippen molar-refractivity contribution in [1.82, 2.24) is 0 Å². The van der Waals surface area contributed by atoms with E-state index >= 15 is 0 Å². The first-order chi connectivity index (χ1) is 16.2. The molecule has 0 bridgehead atoms. The second-order valence-electron chi connectivity index (χ2n) is 11.3. The number of rotatable bonds is 2. The van der Waals surface area contributed by atoms with E-state index < -0.39 is 0 Å². The third-order valence-electron chi connectivity index (χ3n) is 7.83. The maximum absolute atomic E-state index is 6.83. The molecule has 0 radical (unpaired) electrons. The van der Waals surface area contributed by atoms with Crippen LogP contribution in [0.1, 0.15) is 50.8 Å². The van der Waals surface area contributed by atoms with Crippen molar-refractivity contribution in [2.24, 2.45) is 7.05 Å². The van der Waals surface area contributed by atoms with Crippen molar-refractivity contribution in [3.05, 3.63) is 89.6 Å². The van der Waals surface area contributed by atoms with Gasteiger partial charge in [0.15, 0.2) is 6.20 Å². The molecule has 0 saturated heterocycles. The van der Waals surface area contributed by atoms with Gasteiger partial charge < -0.3 is 4.42 Å². The van der Waals surface area contributed by atoms with Gasteiger partial charge in [-0.05, 0) is 52.5 Å². The van der Waals surface area contributed by atoms with Gasteiger partial charge in [0.1, 0.15) is 18.2 Å². The molecule has 34 heavy (non-hydrogen) atoms. The number of para-hydroxylation sites is 1. The van der Waals surface area contributed by atoms with E-state index in [-0.39, 0.29) is 10.8 Å². The van der Waals surface area contributed by atoms with E-state index in [0.29, 0.717) is 0 Å². The molecule has 0 N–H and O–H groups in total. The first-order valence-electron chi connectivity index (χ1n) is 12.2. The second-order valence-corrected chi connectivity index (χ2v) is 11.3. The summed E-state index contributed by atoms with van der Waals surface area (Å²) in [4.78, 5) is 0. The smallest absolute Gasteiger partial charge is 0.216 e. The maximum atomic E-state index is 6.83. The molecule has 0 spiro atoms. The molecule has 1 aliphatic rings. The lowest BCUT2D eigenvalue weighted by Crippen LogP contribution is -2.30. The molecule has 5 aromatic rings. The molecule has 2 aromatic heterocycles. The number of aromatic nitrogens is 1. The standard InChI is InChI=1S/C32H32NO/c1-20-16-17-24-23-13-9-12-22(21-11-10-14-25-28(21)32(4,5)19-31(25,2)3)29(23)34-30(24)27(20)26-15-7-8-18-33(26)6/h7-18H,19H2,1-6H3/q+1. The molecule has 2 heterocycles. The maximum Gasteiger partial charge on any atom is 0.216 e. The molecular formula is C32H32NO+. The summed E-state index contributed by atoms with van der Waals surface area (Å²) in [5.74, 6) is 0. The van der Waals surface area contributed by atoms with Crippen LogP contribution in [0, 0.1) is 6.92 Å². The Morgan fingerprint density at radius 3 is 2.26 bits per heavy atom. The summed E-state index contributed by atoms with van der Waals surface area (Å²) in [5.41, 5.74) is 11.2. The lowest BCUT2D eigenvalue weighted by molar-refractivity contribution is -0.660. The van der Waals surface area contributed by atoms with Gasteiger partial charge in [0.05, 0.1) is 5.56 Å². The number of hydrogen-bond donors (Lipinski definition) is 0. The van der Waals surface area contributed by atoms with Crippen LogP contribution in [-0.2, 0) is 17.9 Å². The van der Waals surface area contributed by atoms with E-state index in [0.717, 1.165) is 23.3 Å². The van der Waals surface area contributed by atoms with E-state index in [1.165, 1.54) is 44.2 Å². The third-order valence-corrected chi connectivity index (χ3v) is 7.83. The molecule has 170 valence electrons. The Morgan fingerprint density at radius 1 is 0.735 bits per heavy atom. The van der Waals surface area contributed by atoms with Gasteiger partial charge in [-0.3, -0.25) is 0 Å². The number of aryl methyl sites for hydroxylation is 2. The van der Waals surface area contributed by atoms with Crippen LogP contribution >= 0.6 is 0 Å². The SMILES string of the molecule is Cc1ccc2c(oc3c(-c4cccc5c4C(C)(C)CC5(C)C)cccc32)c1-c1cccc[n+]1C. The zero-order valence-electron chi connectivity index (χ0n) is 21.0. The van der Waals surface area contributed by atoms with Gasteiger partial charge >= 0.3 is 0 Å². The van der Waals surface area contributed by atoms with Gasteiger partial charge in [-0.1, -0.05) is 76.2 Å². The van der Waals surface area contributed by atoms with Crippen LogP contribution < -0.4 is 4.57 Å². The average molecular weight is 447 g/mol. The fraction of sp³-hybridized carbons (Fsp3) is 0.281. The summed E-state index contributed by atoms with van der Waals surface area (Å²) in [5, 5.41) is 2.36. The highest BCUT2D eigenvalue weighted by Crippen LogP contribution is 2.53. The second kappa shape index (κ2) is 7.06. The predicted molar refractivity (Wildman–Crippen MR) is 141 cm³/mol. The number of furan rings is 1. The van der Waals surface area contributed by atoms with Gasteiger partial charge in [-0.15, -0.1) is 0 Å². The quantitative estimate of drug-likeness (QED) is 0.251. The normalized spacial score (nSPS) is 16.3. The minimum Gasteiger partial charge on any atom is -0.454 e. The average Bonchev–Trinajstić information content (AvgIpc) is 3.26. The Balaban J connectivity index is 1.69. The molecule has 0 amide bonds. The van der Waals surface area contributed by atoms with Crippen LogP contribution in [0.15, 0.2) is 77.3 Å². The van der Waals surface area contributed by atoms with Gasteiger partial charge in [0.2, 0.25) is 5.69 Å². The topological polar surface area (TPSA) is 17.0 Å². The fourth-order valence-electron chi connectivity index (χ4n) is 6.63. The first kappa shape index (κ1) is 21.2. The number of hydrogen-bond acceptors (Lipinski definition) is 1. The van der Waals surface area contributed by atoms with Gasteiger partial charge in [-0.2, -0.15) is 0 Å². The highest BCUT2D eigenvalue weighted by Gasteiger charge is 2.43. The summed E-state index contributed by atoms with van der Waals surface area (Å²) < 4.78 is 9.00. The monoisotopic (exact) mass is 446 g/mol. The molecule has 6 rings (SSSR count). The highest BCUT2D eigenvalue weighted by molar-refractivity contribution is 6.13. The summed E-state index contributed by atoms with van der Waals surface area (Å²) in [6.07, 6.45) is 3.25. The largest absolute Gasteiger partial charge is 0.454 e. The van der Waals surface area contributed by atoms with Crippen molar-refractivity contribution in [2.45, 2.75) is 51.9 Å². The lowest BCUT2D eigenvalue weighted by atomic mass is 9.80. The van der Waals surface area contributed by atoms with Gasteiger partial charge in [-0.25, -0.2) is 4.57 Å². The van der Waals surface area contributed by atoms with E-state index in [1.807, 2.05) is 0 Å². The Morgan fingerprint density at radius 2 is 1.47 bits per heavy atom. The fourth-order valence-corrected chi connectivity index (χ4v) is 6.63. The summed E-state index contributed by atoms with van der Waals surface area (Å²) >= 11 is 0. The predicted octanol–water partition coefficient (Wildman–Crippen LogP) is 8.01. The molecule has 2 heteroatoms. The van der Waals surface area contributed by atoms with Crippen molar-refractivity contribution in [3.8, 4) is 22.4 Å². The number of pyridine rings is 1. The number of nitrogens with zero attached hydrogens (tertiary/aromatic N) is 1. The van der Waals surface area contributed by atoms with Crippen molar-refractivity contribution >= 4 is 21.9 Å². The van der Waals surface area contributed by atoms with E-state index in [2.05, 4.69) is 119 Å². The lowest BCUT2D eigenvalue weighted by Gasteiger charge is -2.23. The third kappa shape index (κ3) is 2.91. The van der Waals surface area contributed by atoms with Crippen LogP contribution in [-0.4, -0.2) is 0 Å². The summed E-state index contributed by atoms with van der Waals surface area (Å²) in [7, 11) is 2.10. The van der Waals surface area contributed by atoms with E-state index in [4.69, 9.17) is 4.42 Å². The molecule has 3 aromatic carbocycles. The molecule has 0 fully saturated rings. The van der Waals surface area contributed by atoms with E-state index in [1.54, 1.807) is 0 Å². The molecule has 0 atom stereocenters. The molecule has 0 aliphatic heterocycles. The van der Waals surface area contributed by atoms with Crippen molar-refractivity contribution in [2.75, 3.05) is 0 Å². The minimum absolute atomic E-state index is 0.114. The van der Waals surface area contributed by atoms with Crippen molar-refractivity contribution in [1.29, 1.82) is 0 Å².